The van der Waals surface area contributed by atoms with Gasteiger partial charge in [-0.3, -0.25) is 4.79 Å². The first-order valence-electron chi connectivity index (χ1n) is 13.5. The van der Waals surface area contributed by atoms with E-state index in [2.05, 4.69) is 36.2 Å². The molecule has 3 fully saturated rings. The van der Waals surface area contributed by atoms with E-state index in [4.69, 9.17) is 4.74 Å². The Hall–Kier alpha value is -2.32. The molecule has 3 aliphatic carbocycles. The van der Waals surface area contributed by atoms with Crippen LogP contribution in [0.2, 0.25) is 0 Å². The molecule has 7 heteroatoms. The number of hydrogen-bond donors (Lipinski definition) is 3. The van der Waals surface area contributed by atoms with Gasteiger partial charge in [-0.25, -0.2) is 4.39 Å². The van der Waals surface area contributed by atoms with Crippen molar-refractivity contribution in [3.8, 4) is 0 Å². The molecule has 5 aliphatic rings. The standard InChI is InChI=1S/C30H35FN2O4/c1-27-9-8-20-14-30(31)26(36)25(35)22(33(2)3)15-28(30)10-11-29(20,37-28)23(27)7-6-21(27)18-5-4-17-13-24(34)32-16-19(17)12-18/h4-6,8,12-13,16,22-23,25-26,35-36H,7,9-11,14-15H2,1-3H3,(H,32,34). The number of aromatic nitrogens is 1. The number of hydrogen-bond acceptors (Lipinski definition) is 5. The largest absolute Gasteiger partial charge is 0.389 e. The molecule has 2 bridgehead atoms. The van der Waals surface area contributed by atoms with Crippen molar-refractivity contribution >= 4 is 16.3 Å². The summed E-state index contributed by atoms with van der Waals surface area (Å²) in [5, 5.41) is 23.8. The molecule has 1 aromatic carbocycles. The molecule has 196 valence electrons. The zero-order valence-corrected chi connectivity index (χ0v) is 21.6. The van der Waals surface area contributed by atoms with E-state index >= 15 is 4.39 Å². The third-order valence-corrected chi connectivity index (χ3v) is 10.7. The van der Waals surface area contributed by atoms with Crippen LogP contribution < -0.4 is 5.56 Å². The van der Waals surface area contributed by atoms with Crippen LogP contribution in [0.25, 0.3) is 16.3 Å². The smallest absolute Gasteiger partial charge is 0.248 e. The summed E-state index contributed by atoms with van der Waals surface area (Å²) in [6.45, 7) is 2.31. The Morgan fingerprint density at radius 3 is 2.73 bits per heavy atom. The summed E-state index contributed by atoms with van der Waals surface area (Å²) in [4.78, 5) is 16.4. The Balaban J connectivity index is 1.29. The van der Waals surface area contributed by atoms with Crippen LogP contribution in [0, 0.1) is 11.3 Å². The number of fused-ring (bicyclic) bond motifs is 2. The number of aromatic amines is 1. The second kappa shape index (κ2) is 7.41. The number of allylic oxidation sites excluding steroid dienone is 3. The van der Waals surface area contributed by atoms with Crippen LogP contribution >= 0.6 is 0 Å². The van der Waals surface area contributed by atoms with E-state index in [0.717, 1.165) is 41.2 Å². The molecule has 0 radical (unpaired) electrons. The molecule has 1 aromatic heterocycles. The lowest BCUT2D eigenvalue weighted by Gasteiger charge is -2.61. The summed E-state index contributed by atoms with van der Waals surface area (Å²) in [5.74, 6) is 0.173. The quantitative estimate of drug-likeness (QED) is 0.541. The second-order valence-corrected chi connectivity index (χ2v) is 12.6. The van der Waals surface area contributed by atoms with Crippen LogP contribution in [0.1, 0.15) is 51.0 Å². The lowest BCUT2D eigenvalue weighted by Crippen LogP contribution is -2.73. The monoisotopic (exact) mass is 506 g/mol. The van der Waals surface area contributed by atoms with Crippen LogP contribution in [0.15, 0.2) is 53.0 Å². The van der Waals surface area contributed by atoms with Crippen LogP contribution in [0.3, 0.4) is 0 Å². The number of ether oxygens (including phenoxy) is 1. The second-order valence-electron chi connectivity index (χ2n) is 12.6. The van der Waals surface area contributed by atoms with Gasteiger partial charge in [0.05, 0.1) is 11.7 Å². The average Bonchev–Trinajstić information content (AvgIpc) is 3.40. The summed E-state index contributed by atoms with van der Waals surface area (Å²) in [5.41, 5.74) is -0.549. The predicted octanol–water partition coefficient (Wildman–Crippen LogP) is 3.72. The van der Waals surface area contributed by atoms with Gasteiger partial charge in [-0.15, -0.1) is 0 Å². The number of nitrogens with one attached hydrogen (secondary N) is 1. The summed E-state index contributed by atoms with van der Waals surface area (Å²) in [7, 11) is 3.73. The van der Waals surface area contributed by atoms with Crippen molar-refractivity contribution in [1.29, 1.82) is 0 Å². The van der Waals surface area contributed by atoms with Crippen molar-refractivity contribution in [1.82, 2.24) is 9.88 Å². The van der Waals surface area contributed by atoms with Gasteiger partial charge in [0.25, 0.3) is 0 Å². The highest BCUT2D eigenvalue weighted by molar-refractivity contribution is 5.87. The number of benzene rings is 1. The van der Waals surface area contributed by atoms with Crippen molar-refractivity contribution in [2.75, 3.05) is 14.1 Å². The van der Waals surface area contributed by atoms with Crippen molar-refractivity contribution in [3.05, 3.63) is 64.1 Å². The number of aliphatic hydroxyl groups excluding tert-OH is 2. The maximum Gasteiger partial charge on any atom is 0.248 e. The van der Waals surface area contributed by atoms with Gasteiger partial charge in [0, 0.05) is 36.1 Å². The number of H-pyrrole nitrogens is 1. The minimum atomic E-state index is -2.00. The predicted molar refractivity (Wildman–Crippen MR) is 140 cm³/mol. The highest BCUT2D eigenvalue weighted by Crippen LogP contribution is 2.70. The molecule has 8 atom stereocenters. The number of alkyl halides is 1. The van der Waals surface area contributed by atoms with Crippen LogP contribution in [-0.2, 0) is 4.74 Å². The Morgan fingerprint density at radius 1 is 1.14 bits per heavy atom. The van der Waals surface area contributed by atoms with Crippen LogP contribution in [0.5, 0.6) is 0 Å². The topological polar surface area (TPSA) is 85.8 Å². The minimum absolute atomic E-state index is 0.109. The summed E-state index contributed by atoms with van der Waals surface area (Å²) in [6.07, 6.45) is 7.02. The highest BCUT2D eigenvalue weighted by atomic mass is 19.1. The summed E-state index contributed by atoms with van der Waals surface area (Å²) in [6, 6.07) is 7.51. The Kier molecular flexibility index (Phi) is 4.76. The first-order chi connectivity index (χ1) is 17.5. The lowest BCUT2D eigenvalue weighted by atomic mass is 9.56. The van der Waals surface area contributed by atoms with Gasteiger partial charge in [0.2, 0.25) is 5.56 Å². The van der Waals surface area contributed by atoms with Gasteiger partial charge in [0.15, 0.2) is 5.67 Å². The molecule has 3 heterocycles. The summed E-state index contributed by atoms with van der Waals surface area (Å²) < 4.78 is 23.9. The summed E-state index contributed by atoms with van der Waals surface area (Å²) >= 11 is 0. The minimum Gasteiger partial charge on any atom is -0.389 e. The number of aliphatic hydroxyl groups is 2. The van der Waals surface area contributed by atoms with Crippen molar-refractivity contribution in [3.63, 3.8) is 0 Å². The van der Waals surface area contributed by atoms with Gasteiger partial charge in [0.1, 0.15) is 11.7 Å². The van der Waals surface area contributed by atoms with Crippen LogP contribution in [-0.4, -0.2) is 69.3 Å². The Bertz CT molecular complexity index is 1430. The number of nitrogens with zero attached hydrogens (tertiary/aromatic N) is 1. The van der Waals surface area contributed by atoms with Gasteiger partial charge < -0.3 is 24.8 Å². The first-order valence-corrected chi connectivity index (χ1v) is 13.5. The normalized spacial score (nSPS) is 44.3. The van der Waals surface area contributed by atoms with E-state index in [9.17, 15) is 15.0 Å². The highest BCUT2D eigenvalue weighted by Gasteiger charge is 2.76. The first kappa shape index (κ1) is 23.8. The molecule has 37 heavy (non-hydrogen) atoms. The van der Waals surface area contributed by atoms with Crippen molar-refractivity contribution < 1.29 is 19.3 Å². The third-order valence-electron chi connectivity index (χ3n) is 10.7. The molecule has 0 amide bonds. The number of likely N-dealkylation sites (N-methyl/N-ethyl adjacent to an activating group) is 1. The molecule has 2 aliphatic heterocycles. The molecular formula is C30H35FN2O4. The fourth-order valence-corrected chi connectivity index (χ4v) is 8.76. The maximum atomic E-state index is 16.9. The van der Waals surface area contributed by atoms with Crippen molar-refractivity contribution in [2.45, 2.75) is 80.6 Å². The number of rotatable bonds is 2. The zero-order chi connectivity index (χ0) is 26.0. The molecule has 7 rings (SSSR count). The van der Waals surface area contributed by atoms with Gasteiger partial charge in [-0.05, 0) is 79.7 Å². The molecule has 2 aromatic rings. The third kappa shape index (κ3) is 2.86. The van der Waals surface area contributed by atoms with Gasteiger partial charge in [-0.2, -0.15) is 0 Å². The van der Waals surface area contributed by atoms with E-state index < -0.39 is 29.1 Å². The molecule has 1 saturated carbocycles. The average molecular weight is 507 g/mol. The SMILES string of the molecule is CN(C)C1CC23CCC4(O2)C(=CCC2(C)C(c5ccc6cc(=O)[nH]cc6c5)=CCC24)CC3(F)C(O)C1O. The molecule has 2 saturated heterocycles. The number of halogens is 1. The number of pyridine rings is 1. The fourth-order valence-electron chi connectivity index (χ4n) is 8.76. The molecular weight excluding hydrogens is 471 g/mol. The zero-order valence-electron chi connectivity index (χ0n) is 21.6. The molecule has 8 unspecified atom stereocenters. The molecule has 2 spiro atoms. The lowest BCUT2D eigenvalue weighted by molar-refractivity contribution is -0.282. The van der Waals surface area contributed by atoms with E-state index in [-0.39, 0.29) is 29.4 Å². The van der Waals surface area contributed by atoms with Gasteiger partial charge in [-0.1, -0.05) is 31.2 Å². The fraction of sp³-hybridized carbons (Fsp3) is 0.567. The maximum absolute atomic E-state index is 16.9. The van der Waals surface area contributed by atoms with Crippen molar-refractivity contribution in [2.24, 2.45) is 11.3 Å². The van der Waals surface area contributed by atoms with Gasteiger partial charge >= 0.3 is 0 Å². The van der Waals surface area contributed by atoms with Crippen LogP contribution in [0.4, 0.5) is 4.39 Å². The van der Waals surface area contributed by atoms with E-state index in [1.54, 1.807) is 12.3 Å². The molecule has 3 N–H and O–H groups in total. The Labute approximate surface area is 215 Å². The Morgan fingerprint density at radius 2 is 1.95 bits per heavy atom. The molecule has 6 nitrogen and oxygen atoms in total. The van der Waals surface area contributed by atoms with E-state index in [1.807, 2.05) is 25.1 Å². The van der Waals surface area contributed by atoms with E-state index in [1.165, 1.54) is 5.57 Å². The van der Waals surface area contributed by atoms with E-state index in [0.29, 0.717) is 12.8 Å².